The molecule has 0 aromatic heterocycles. The van der Waals surface area contributed by atoms with Crippen molar-refractivity contribution in [3.8, 4) is 23.7 Å². The molecule has 3 N–H and O–H groups in total. The third-order valence-corrected chi connectivity index (χ3v) is 6.26. The molecular formula is C19H19NO6S. The zero-order valence-corrected chi connectivity index (χ0v) is 15.5. The van der Waals surface area contributed by atoms with Crippen LogP contribution >= 0.6 is 0 Å². The fraction of sp³-hybridized carbons (Fsp3) is 0.368. The number of carbonyl (C=O) groups is 2. The van der Waals surface area contributed by atoms with Gasteiger partial charge in [0.05, 0.1) is 18.1 Å². The summed E-state index contributed by atoms with van der Waals surface area (Å²) in [5, 5.41) is 20.4. The number of rotatable bonds is 5. The highest BCUT2D eigenvalue weighted by Gasteiger charge is 2.53. The van der Waals surface area contributed by atoms with Gasteiger partial charge in [-0.25, -0.2) is 13.2 Å². The molecule has 0 radical (unpaired) electrons. The van der Waals surface area contributed by atoms with Gasteiger partial charge in [-0.15, -0.1) is 0 Å². The van der Waals surface area contributed by atoms with Gasteiger partial charge >= 0.3 is 5.97 Å². The smallest absolute Gasteiger partial charge is 0.326 e. The van der Waals surface area contributed by atoms with Crippen LogP contribution in [0.4, 0.5) is 0 Å². The van der Waals surface area contributed by atoms with Crippen LogP contribution in [0.5, 0.6) is 0 Å². The van der Waals surface area contributed by atoms with Crippen LogP contribution in [0.2, 0.25) is 0 Å². The Morgan fingerprint density at radius 2 is 1.85 bits per heavy atom. The van der Waals surface area contributed by atoms with Crippen molar-refractivity contribution in [1.29, 1.82) is 0 Å². The largest absolute Gasteiger partial charge is 0.480 e. The first-order valence-electron chi connectivity index (χ1n) is 8.11. The number of hydrogen-bond donors (Lipinski definition) is 3. The van der Waals surface area contributed by atoms with Gasteiger partial charge in [0.1, 0.15) is 6.04 Å². The number of sulfone groups is 1. The molecule has 0 saturated carbocycles. The van der Waals surface area contributed by atoms with Crippen molar-refractivity contribution in [3.05, 3.63) is 35.4 Å². The molecule has 1 fully saturated rings. The second-order valence-corrected chi connectivity index (χ2v) is 8.60. The van der Waals surface area contributed by atoms with Gasteiger partial charge in [-0.05, 0) is 36.1 Å². The predicted octanol–water partition coefficient (Wildman–Crippen LogP) is 0.0416. The Labute approximate surface area is 157 Å². The fourth-order valence-corrected chi connectivity index (χ4v) is 5.11. The molecule has 27 heavy (non-hydrogen) atoms. The van der Waals surface area contributed by atoms with E-state index >= 15 is 0 Å². The maximum Gasteiger partial charge on any atom is 0.326 e. The van der Waals surface area contributed by atoms with E-state index in [1.807, 2.05) is 0 Å². The number of carbonyl (C=O) groups excluding carboxylic acids is 1. The van der Waals surface area contributed by atoms with E-state index in [9.17, 15) is 23.1 Å². The van der Waals surface area contributed by atoms with Crippen LogP contribution in [0.15, 0.2) is 24.3 Å². The van der Waals surface area contributed by atoms with Gasteiger partial charge in [0.15, 0.2) is 9.84 Å². The Morgan fingerprint density at radius 1 is 1.22 bits per heavy atom. The van der Waals surface area contributed by atoms with E-state index in [1.54, 1.807) is 12.1 Å². The molecular weight excluding hydrogens is 370 g/mol. The Balaban J connectivity index is 2.06. The zero-order valence-electron chi connectivity index (χ0n) is 14.7. The average molecular weight is 389 g/mol. The van der Waals surface area contributed by atoms with E-state index in [2.05, 4.69) is 29.0 Å². The Hall–Kier alpha value is -2.81. The molecule has 0 unspecified atom stereocenters. The number of hydrogen-bond acceptors (Lipinski definition) is 5. The highest BCUT2D eigenvalue weighted by molar-refractivity contribution is 7.92. The quantitative estimate of drug-likeness (QED) is 0.612. The number of nitrogens with one attached hydrogen (secondary N) is 1. The highest BCUT2D eigenvalue weighted by atomic mass is 32.2. The molecule has 8 heteroatoms. The molecule has 1 aliphatic rings. The van der Waals surface area contributed by atoms with Crippen molar-refractivity contribution in [2.24, 2.45) is 5.41 Å². The molecule has 142 valence electrons. The molecule has 1 amide bonds. The molecule has 1 aromatic rings. The SMILES string of the molecule is CC1([C@H](NC(=O)c2ccc(C#CC#CCCO)cc2)C(=O)O)CS(=O)(=O)C1. The number of carboxylic acids is 1. The van der Waals surface area contributed by atoms with E-state index in [-0.39, 0.29) is 23.7 Å². The van der Waals surface area contributed by atoms with Gasteiger partial charge in [0, 0.05) is 23.0 Å². The maximum atomic E-state index is 12.3. The maximum absolute atomic E-state index is 12.3. The lowest BCUT2D eigenvalue weighted by molar-refractivity contribution is -0.142. The van der Waals surface area contributed by atoms with Crippen LogP contribution in [-0.4, -0.2) is 54.7 Å². The van der Waals surface area contributed by atoms with Crippen molar-refractivity contribution in [3.63, 3.8) is 0 Å². The summed E-state index contributed by atoms with van der Waals surface area (Å²) in [5.41, 5.74) is -0.167. The summed E-state index contributed by atoms with van der Waals surface area (Å²) in [4.78, 5) is 23.9. The number of aliphatic hydroxyl groups excluding tert-OH is 1. The number of benzene rings is 1. The van der Waals surface area contributed by atoms with Crippen LogP contribution in [0.25, 0.3) is 0 Å². The molecule has 1 saturated heterocycles. The molecule has 2 rings (SSSR count). The predicted molar refractivity (Wildman–Crippen MR) is 98.4 cm³/mol. The van der Waals surface area contributed by atoms with Crippen molar-refractivity contribution in [2.45, 2.75) is 19.4 Å². The molecule has 0 bridgehead atoms. The first-order valence-corrected chi connectivity index (χ1v) is 9.93. The molecule has 1 aliphatic heterocycles. The van der Waals surface area contributed by atoms with E-state index in [4.69, 9.17) is 5.11 Å². The Bertz CT molecular complexity index is 945. The molecule has 1 atom stereocenters. The van der Waals surface area contributed by atoms with Gasteiger partial charge < -0.3 is 15.5 Å². The fourth-order valence-electron chi connectivity index (χ4n) is 2.85. The van der Waals surface area contributed by atoms with Crippen LogP contribution in [0.1, 0.15) is 29.3 Å². The minimum Gasteiger partial charge on any atom is -0.480 e. The summed E-state index contributed by atoms with van der Waals surface area (Å²) >= 11 is 0. The Kier molecular flexibility index (Phi) is 6.27. The molecule has 0 aliphatic carbocycles. The number of amides is 1. The summed E-state index contributed by atoms with van der Waals surface area (Å²) < 4.78 is 22.9. The minimum absolute atomic E-state index is 0.0270. The first kappa shape index (κ1) is 20.5. The van der Waals surface area contributed by atoms with Crippen LogP contribution in [0.3, 0.4) is 0 Å². The summed E-state index contributed by atoms with van der Waals surface area (Å²) in [6.07, 6.45) is 0.346. The lowest BCUT2D eigenvalue weighted by Crippen LogP contribution is -2.62. The lowest BCUT2D eigenvalue weighted by atomic mass is 9.85. The van der Waals surface area contributed by atoms with Crippen LogP contribution in [0, 0.1) is 29.1 Å². The monoisotopic (exact) mass is 389 g/mol. The summed E-state index contributed by atoms with van der Waals surface area (Å²) in [7, 11) is -3.24. The normalized spacial score (nSPS) is 17.1. The van der Waals surface area contributed by atoms with Crippen LogP contribution in [-0.2, 0) is 14.6 Å². The van der Waals surface area contributed by atoms with Gasteiger partial charge in [-0.1, -0.05) is 18.8 Å². The number of carboxylic acid groups (broad SMARTS) is 1. The molecule has 7 nitrogen and oxygen atoms in total. The van der Waals surface area contributed by atoms with Gasteiger partial charge in [0.2, 0.25) is 0 Å². The number of aliphatic hydroxyl groups is 1. The highest BCUT2D eigenvalue weighted by Crippen LogP contribution is 2.36. The lowest BCUT2D eigenvalue weighted by Gasteiger charge is -2.42. The molecule has 0 spiro atoms. The van der Waals surface area contributed by atoms with E-state index < -0.39 is 33.2 Å². The van der Waals surface area contributed by atoms with Crippen molar-refractivity contribution in [1.82, 2.24) is 5.32 Å². The van der Waals surface area contributed by atoms with Gasteiger partial charge in [-0.2, -0.15) is 0 Å². The summed E-state index contributed by atoms with van der Waals surface area (Å²) in [6, 6.07) is 4.90. The van der Waals surface area contributed by atoms with E-state index in [1.165, 1.54) is 19.1 Å². The van der Waals surface area contributed by atoms with E-state index in [0.29, 0.717) is 12.0 Å². The van der Waals surface area contributed by atoms with Crippen molar-refractivity contribution in [2.75, 3.05) is 18.1 Å². The Morgan fingerprint density at radius 3 is 2.37 bits per heavy atom. The second kappa shape index (κ2) is 8.26. The van der Waals surface area contributed by atoms with Gasteiger partial charge in [-0.3, -0.25) is 4.79 Å². The topological polar surface area (TPSA) is 121 Å². The second-order valence-electron chi connectivity index (χ2n) is 6.53. The van der Waals surface area contributed by atoms with E-state index in [0.717, 1.165) is 0 Å². The standard InChI is InChI=1S/C19H19NO6S/c1-19(12-27(25,26)13-19)16(18(23)24)20-17(22)15-9-7-14(8-10-15)6-4-2-3-5-11-21/h7-10,16,21H,5,11-13H2,1H3,(H,20,22)(H,23,24)/t16-/m1/s1. The first-order chi connectivity index (χ1) is 12.7. The minimum atomic E-state index is -3.24. The zero-order chi connectivity index (χ0) is 20.1. The van der Waals surface area contributed by atoms with Gasteiger partial charge in [0.25, 0.3) is 5.91 Å². The van der Waals surface area contributed by atoms with Crippen molar-refractivity contribution >= 4 is 21.7 Å². The van der Waals surface area contributed by atoms with Crippen LogP contribution < -0.4 is 5.32 Å². The third-order valence-electron chi connectivity index (χ3n) is 4.06. The number of aliphatic carboxylic acids is 1. The summed E-state index contributed by atoms with van der Waals surface area (Å²) in [6.45, 7) is 1.50. The molecule has 1 aromatic carbocycles. The molecule has 1 heterocycles. The van der Waals surface area contributed by atoms with Crippen molar-refractivity contribution < 1.29 is 28.2 Å². The average Bonchev–Trinajstić information content (AvgIpc) is 2.57. The third kappa shape index (κ3) is 5.33. The summed E-state index contributed by atoms with van der Waals surface area (Å²) in [5.74, 6) is 8.22.